The first-order chi connectivity index (χ1) is 8.22. The Balaban J connectivity index is 2.36. The first-order valence-electron chi connectivity index (χ1n) is 5.61. The summed E-state index contributed by atoms with van der Waals surface area (Å²) >= 11 is 3.51. The average molecular weight is 295 g/mol. The molecular weight excluding hydrogens is 280 g/mol. The molecule has 0 saturated heterocycles. The third kappa shape index (κ3) is 2.83. The molecule has 1 aromatic heterocycles. The highest BCUT2D eigenvalue weighted by Crippen LogP contribution is 2.25. The molecule has 0 aliphatic rings. The Labute approximate surface area is 109 Å². The van der Waals surface area contributed by atoms with Gasteiger partial charge in [0.1, 0.15) is 0 Å². The molecule has 0 amide bonds. The number of nitrogens with two attached hydrogens (primary N) is 1. The van der Waals surface area contributed by atoms with Crippen molar-refractivity contribution in [2.75, 3.05) is 13.2 Å². The maximum atomic E-state index is 6.06. The Morgan fingerprint density at radius 2 is 2.18 bits per heavy atom. The molecule has 1 heterocycles. The van der Waals surface area contributed by atoms with Crippen LogP contribution in [0.25, 0.3) is 10.9 Å². The van der Waals surface area contributed by atoms with Crippen LogP contribution in [0.1, 0.15) is 18.7 Å². The standard InChI is InChI=1S/C13H15BrN2O/c1-2-17-8-11(15)13-10(14)7-9-5-3-4-6-12(9)16-13/h3-7,11H,2,8,15H2,1H3. The summed E-state index contributed by atoms with van der Waals surface area (Å²) in [6.07, 6.45) is 0. The van der Waals surface area contributed by atoms with Crippen LogP contribution in [0.5, 0.6) is 0 Å². The van der Waals surface area contributed by atoms with E-state index in [1.807, 2.05) is 37.3 Å². The molecule has 3 nitrogen and oxygen atoms in total. The van der Waals surface area contributed by atoms with Gasteiger partial charge in [-0.1, -0.05) is 18.2 Å². The van der Waals surface area contributed by atoms with E-state index in [0.29, 0.717) is 13.2 Å². The van der Waals surface area contributed by atoms with Gasteiger partial charge in [-0.25, -0.2) is 4.98 Å². The van der Waals surface area contributed by atoms with Gasteiger partial charge in [-0.15, -0.1) is 0 Å². The molecule has 0 bridgehead atoms. The topological polar surface area (TPSA) is 48.1 Å². The molecule has 0 spiro atoms. The average Bonchev–Trinajstić information content (AvgIpc) is 2.35. The van der Waals surface area contributed by atoms with Crippen LogP contribution < -0.4 is 5.73 Å². The SMILES string of the molecule is CCOCC(N)c1nc2ccccc2cc1Br. The summed E-state index contributed by atoms with van der Waals surface area (Å²) in [5.74, 6) is 0. The molecule has 2 rings (SSSR count). The highest BCUT2D eigenvalue weighted by atomic mass is 79.9. The molecule has 1 aromatic carbocycles. The molecule has 0 aliphatic carbocycles. The maximum Gasteiger partial charge on any atom is 0.0744 e. The van der Waals surface area contributed by atoms with Crippen molar-refractivity contribution in [2.45, 2.75) is 13.0 Å². The van der Waals surface area contributed by atoms with E-state index in [4.69, 9.17) is 10.5 Å². The summed E-state index contributed by atoms with van der Waals surface area (Å²) in [7, 11) is 0. The van der Waals surface area contributed by atoms with E-state index in [-0.39, 0.29) is 6.04 Å². The van der Waals surface area contributed by atoms with Crippen LogP contribution in [-0.4, -0.2) is 18.2 Å². The van der Waals surface area contributed by atoms with Gasteiger partial charge < -0.3 is 10.5 Å². The van der Waals surface area contributed by atoms with Gasteiger partial charge in [0.05, 0.1) is 23.9 Å². The van der Waals surface area contributed by atoms with E-state index in [2.05, 4.69) is 20.9 Å². The largest absolute Gasteiger partial charge is 0.380 e. The zero-order valence-electron chi connectivity index (χ0n) is 9.69. The van der Waals surface area contributed by atoms with Crippen LogP contribution in [0.2, 0.25) is 0 Å². The van der Waals surface area contributed by atoms with Crippen LogP contribution in [0.15, 0.2) is 34.8 Å². The van der Waals surface area contributed by atoms with Gasteiger partial charge in [-0.2, -0.15) is 0 Å². The molecule has 0 saturated carbocycles. The van der Waals surface area contributed by atoms with E-state index in [0.717, 1.165) is 21.1 Å². The molecule has 4 heteroatoms. The summed E-state index contributed by atoms with van der Waals surface area (Å²) < 4.78 is 6.26. The van der Waals surface area contributed by atoms with Gasteiger partial charge in [0.2, 0.25) is 0 Å². The second kappa shape index (κ2) is 5.58. The Morgan fingerprint density at radius 1 is 1.41 bits per heavy atom. The molecule has 90 valence electrons. The lowest BCUT2D eigenvalue weighted by Crippen LogP contribution is -2.19. The third-order valence-corrected chi connectivity index (χ3v) is 3.19. The van der Waals surface area contributed by atoms with Crippen molar-refractivity contribution in [1.29, 1.82) is 0 Å². The summed E-state index contributed by atoms with van der Waals surface area (Å²) in [6, 6.07) is 9.83. The molecule has 17 heavy (non-hydrogen) atoms. The number of pyridine rings is 1. The number of halogens is 1. The van der Waals surface area contributed by atoms with Crippen molar-refractivity contribution in [3.05, 3.63) is 40.5 Å². The number of rotatable bonds is 4. The minimum Gasteiger partial charge on any atom is -0.380 e. The van der Waals surface area contributed by atoms with Gasteiger partial charge >= 0.3 is 0 Å². The number of ether oxygens (including phenoxy) is 1. The van der Waals surface area contributed by atoms with E-state index in [9.17, 15) is 0 Å². The summed E-state index contributed by atoms with van der Waals surface area (Å²) in [5.41, 5.74) is 7.86. The Kier molecular flexibility index (Phi) is 4.10. The van der Waals surface area contributed by atoms with Gasteiger partial charge in [-0.3, -0.25) is 0 Å². The number of aromatic nitrogens is 1. The lowest BCUT2D eigenvalue weighted by Gasteiger charge is -2.13. The lowest BCUT2D eigenvalue weighted by atomic mass is 10.1. The number of hydrogen-bond acceptors (Lipinski definition) is 3. The van der Waals surface area contributed by atoms with Crippen molar-refractivity contribution in [1.82, 2.24) is 4.98 Å². The number of nitrogens with zero attached hydrogens (tertiary/aromatic N) is 1. The van der Waals surface area contributed by atoms with Crippen molar-refractivity contribution in [3.8, 4) is 0 Å². The molecular formula is C13H15BrN2O. The van der Waals surface area contributed by atoms with Gasteiger partial charge in [0, 0.05) is 16.5 Å². The summed E-state index contributed by atoms with van der Waals surface area (Å²) in [4.78, 5) is 4.58. The minimum absolute atomic E-state index is 0.200. The summed E-state index contributed by atoms with van der Waals surface area (Å²) in [5, 5.41) is 1.10. The van der Waals surface area contributed by atoms with E-state index < -0.39 is 0 Å². The van der Waals surface area contributed by atoms with Crippen LogP contribution >= 0.6 is 15.9 Å². The number of benzene rings is 1. The molecule has 0 radical (unpaired) electrons. The zero-order valence-corrected chi connectivity index (χ0v) is 11.3. The highest BCUT2D eigenvalue weighted by Gasteiger charge is 2.12. The van der Waals surface area contributed by atoms with Crippen molar-refractivity contribution >= 4 is 26.8 Å². The minimum atomic E-state index is -0.200. The normalized spacial score (nSPS) is 12.9. The van der Waals surface area contributed by atoms with Crippen molar-refractivity contribution in [3.63, 3.8) is 0 Å². The lowest BCUT2D eigenvalue weighted by molar-refractivity contribution is 0.132. The van der Waals surface area contributed by atoms with E-state index >= 15 is 0 Å². The highest BCUT2D eigenvalue weighted by molar-refractivity contribution is 9.10. The van der Waals surface area contributed by atoms with Crippen LogP contribution in [0.4, 0.5) is 0 Å². The van der Waals surface area contributed by atoms with Crippen molar-refractivity contribution < 1.29 is 4.74 Å². The second-order valence-electron chi connectivity index (χ2n) is 3.81. The fraction of sp³-hybridized carbons (Fsp3) is 0.308. The zero-order chi connectivity index (χ0) is 12.3. The molecule has 1 unspecified atom stereocenters. The Morgan fingerprint density at radius 3 is 2.94 bits per heavy atom. The fourth-order valence-corrected chi connectivity index (χ4v) is 2.32. The van der Waals surface area contributed by atoms with Crippen LogP contribution in [0.3, 0.4) is 0 Å². The van der Waals surface area contributed by atoms with Crippen LogP contribution in [-0.2, 0) is 4.74 Å². The van der Waals surface area contributed by atoms with Gasteiger partial charge in [0.15, 0.2) is 0 Å². The second-order valence-corrected chi connectivity index (χ2v) is 4.67. The molecule has 2 aromatic rings. The molecule has 0 fully saturated rings. The predicted octanol–water partition coefficient (Wildman–Crippen LogP) is 3.03. The van der Waals surface area contributed by atoms with E-state index in [1.165, 1.54) is 0 Å². The molecule has 2 N–H and O–H groups in total. The Bertz CT molecular complexity index is 516. The predicted molar refractivity (Wildman–Crippen MR) is 72.9 cm³/mol. The van der Waals surface area contributed by atoms with Gasteiger partial charge in [-0.05, 0) is 35.0 Å². The molecule has 1 atom stereocenters. The van der Waals surface area contributed by atoms with E-state index in [1.54, 1.807) is 0 Å². The maximum absolute atomic E-state index is 6.06. The number of hydrogen-bond donors (Lipinski definition) is 1. The summed E-state index contributed by atoms with van der Waals surface area (Å²) in [6.45, 7) is 3.11. The fourth-order valence-electron chi connectivity index (χ4n) is 1.69. The third-order valence-electron chi connectivity index (χ3n) is 2.56. The monoisotopic (exact) mass is 294 g/mol. The number of para-hydroxylation sites is 1. The Hall–Kier alpha value is -0.970. The first kappa shape index (κ1) is 12.5. The smallest absolute Gasteiger partial charge is 0.0744 e. The van der Waals surface area contributed by atoms with Gasteiger partial charge in [0.25, 0.3) is 0 Å². The quantitative estimate of drug-likeness (QED) is 0.943. The molecule has 0 aliphatic heterocycles. The first-order valence-corrected chi connectivity index (χ1v) is 6.40. The number of fused-ring (bicyclic) bond motifs is 1. The van der Waals surface area contributed by atoms with Crippen molar-refractivity contribution in [2.24, 2.45) is 5.73 Å². The van der Waals surface area contributed by atoms with Crippen LogP contribution in [0, 0.1) is 0 Å².